The van der Waals surface area contributed by atoms with E-state index in [0.717, 1.165) is 41.4 Å². The van der Waals surface area contributed by atoms with E-state index >= 15 is 0 Å². The Kier molecular flexibility index (Phi) is 13.6. The van der Waals surface area contributed by atoms with Gasteiger partial charge in [0, 0.05) is 37.5 Å². The lowest BCUT2D eigenvalue weighted by atomic mass is 10.0. The Morgan fingerprint density at radius 2 is 1.95 bits per heavy atom. The maximum absolute atomic E-state index is 7.57. The first-order chi connectivity index (χ1) is 19.5. The molecule has 216 valence electrons. The van der Waals surface area contributed by atoms with E-state index in [9.17, 15) is 0 Å². The number of benzene rings is 2. The highest BCUT2D eigenvalue weighted by Crippen LogP contribution is 2.41. The van der Waals surface area contributed by atoms with Crippen LogP contribution in [0.1, 0.15) is 69.2 Å². The summed E-state index contributed by atoms with van der Waals surface area (Å²) >= 11 is 1.73. The second-order valence-corrected chi connectivity index (χ2v) is 11.2. The number of hydrogen-bond acceptors (Lipinski definition) is 6. The number of terminal acetylenes is 1. The van der Waals surface area contributed by atoms with Crippen LogP contribution in [0.5, 0.6) is 5.75 Å². The van der Waals surface area contributed by atoms with Gasteiger partial charge in [-0.05, 0) is 94.4 Å². The quantitative estimate of drug-likeness (QED) is 0.227. The summed E-state index contributed by atoms with van der Waals surface area (Å²) in [6.45, 7) is 12.6. The van der Waals surface area contributed by atoms with Crippen LogP contribution >= 0.6 is 20.6 Å². The summed E-state index contributed by atoms with van der Waals surface area (Å²) in [5.74, 6) is 3.52. The molecular weight excluding hydrogens is 533 g/mol. The molecule has 2 heterocycles. The molecule has 2 atom stereocenters. The largest absolute Gasteiger partial charge is 0.490 e. The summed E-state index contributed by atoms with van der Waals surface area (Å²) in [6.07, 6.45) is 14.2. The molecule has 1 aromatic heterocycles. The third-order valence-electron chi connectivity index (χ3n) is 7.05. The number of aliphatic hydroxyl groups is 1. The van der Waals surface area contributed by atoms with Gasteiger partial charge in [0.05, 0.1) is 16.5 Å². The van der Waals surface area contributed by atoms with Crippen LogP contribution in [-0.2, 0) is 6.42 Å². The van der Waals surface area contributed by atoms with Crippen molar-refractivity contribution in [2.75, 3.05) is 39.5 Å². The van der Waals surface area contributed by atoms with Crippen LogP contribution in [0.25, 0.3) is 21.0 Å². The van der Waals surface area contributed by atoms with Gasteiger partial charge in [0.2, 0.25) is 0 Å². The first-order valence-electron chi connectivity index (χ1n) is 14.5. The van der Waals surface area contributed by atoms with Crippen LogP contribution in [0.3, 0.4) is 0 Å². The number of fused-ring (bicyclic) bond motifs is 1. The Bertz CT molecular complexity index is 1230. The Morgan fingerprint density at radius 1 is 1.20 bits per heavy atom. The normalized spacial score (nSPS) is 16.3. The molecule has 40 heavy (non-hydrogen) atoms. The van der Waals surface area contributed by atoms with Crippen molar-refractivity contribution in [3.63, 3.8) is 0 Å². The predicted octanol–water partition coefficient (Wildman–Crippen LogP) is 6.80. The van der Waals surface area contributed by atoms with Crippen LogP contribution < -0.4 is 10.1 Å². The van der Waals surface area contributed by atoms with E-state index in [1.165, 1.54) is 60.3 Å². The molecule has 1 aliphatic carbocycles. The monoisotopic (exact) mass is 579 g/mol. The lowest BCUT2D eigenvalue weighted by Crippen LogP contribution is -2.36. The van der Waals surface area contributed by atoms with Crippen LogP contribution in [0, 0.1) is 12.3 Å². The Morgan fingerprint density at radius 3 is 2.65 bits per heavy atom. The molecule has 0 radical (unpaired) electrons. The summed E-state index contributed by atoms with van der Waals surface area (Å²) in [5, 5.41) is 12.4. The summed E-state index contributed by atoms with van der Waals surface area (Å²) < 4.78 is 5.86. The molecule has 0 amide bonds. The Hall–Kier alpha value is -2.26. The highest BCUT2D eigenvalue weighted by Gasteiger charge is 2.25. The number of piperidine rings is 1. The number of nitrogens with zero attached hydrogens (tertiary/aromatic N) is 2. The van der Waals surface area contributed by atoms with Crippen LogP contribution in [0.4, 0.5) is 0 Å². The third-order valence-corrected chi connectivity index (χ3v) is 8.13. The number of rotatable bonds is 8. The number of ether oxygens (including phenoxy) is 1. The standard InChI is InChI=1S/C30H35N3OS.C2H6O.CH5P/c1-4-22-19-23(11-14-28(22)34-21(2)3)30-32-20-29(35-30)26-10-8-9-25-24(26)12-13-27(25)31-15-18-33-16-6-5-7-17-33;1-2-3;1-2/h1,8-11,14,19-21,27,31H,5-7,12-13,15-18H2,2-3H3;3H,2H2,1H3;2H2,1H3. The van der Waals surface area contributed by atoms with Gasteiger partial charge < -0.3 is 20.1 Å². The van der Waals surface area contributed by atoms with E-state index in [0.29, 0.717) is 6.04 Å². The minimum Gasteiger partial charge on any atom is -0.490 e. The van der Waals surface area contributed by atoms with Crippen LogP contribution in [-0.4, -0.2) is 60.5 Å². The van der Waals surface area contributed by atoms with E-state index in [4.69, 9.17) is 21.3 Å². The van der Waals surface area contributed by atoms with Gasteiger partial charge in [-0.1, -0.05) is 37.2 Å². The van der Waals surface area contributed by atoms with Crippen molar-refractivity contribution in [2.45, 2.75) is 65.0 Å². The Balaban J connectivity index is 0.000000827. The molecule has 0 bridgehead atoms. The molecule has 7 heteroatoms. The van der Waals surface area contributed by atoms with Gasteiger partial charge in [0.25, 0.3) is 0 Å². The average molecular weight is 580 g/mol. The van der Waals surface area contributed by atoms with Gasteiger partial charge in [0.15, 0.2) is 0 Å². The molecule has 1 aliphatic heterocycles. The van der Waals surface area contributed by atoms with Gasteiger partial charge in [-0.25, -0.2) is 4.98 Å². The van der Waals surface area contributed by atoms with E-state index in [1.54, 1.807) is 18.3 Å². The molecule has 3 aromatic rings. The van der Waals surface area contributed by atoms with E-state index in [1.807, 2.05) is 38.8 Å². The molecule has 1 saturated heterocycles. The van der Waals surface area contributed by atoms with Gasteiger partial charge in [0.1, 0.15) is 10.8 Å². The first kappa shape index (κ1) is 32.3. The highest BCUT2D eigenvalue weighted by atomic mass is 32.1. The molecule has 2 aromatic carbocycles. The number of hydrogen-bond donors (Lipinski definition) is 2. The van der Waals surface area contributed by atoms with E-state index in [-0.39, 0.29) is 12.7 Å². The second kappa shape index (κ2) is 16.9. The number of aromatic nitrogens is 1. The summed E-state index contributed by atoms with van der Waals surface area (Å²) in [5.41, 5.74) is 6.06. The van der Waals surface area contributed by atoms with Gasteiger partial charge >= 0.3 is 0 Å². The maximum Gasteiger partial charge on any atom is 0.135 e. The predicted molar refractivity (Wildman–Crippen MR) is 174 cm³/mol. The second-order valence-electron chi connectivity index (χ2n) is 10.2. The average Bonchev–Trinajstić information content (AvgIpc) is 3.63. The Labute approximate surface area is 248 Å². The topological polar surface area (TPSA) is 57.6 Å². The smallest absolute Gasteiger partial charge is 0.135 e. The molecule has 1 fully saturated rings. The van der Waals surface area contributed by atoms with Gasteiger partial charge in [-0.15, -0.1) is 27.0 Å². The number of nitrogens with one attached hydrogen (secondary N) is 1. The van der Waals surface area contributed by atoms with Crippen LogP contribution in [0.15, 0.2) is 42.6 Å². The number of thiazole rings is 1. The fraction of sp³-hybridized carbons (Fsp3) is 0.485. The van der Waals surface area contributed by atoms with Crippen LogP contribution in [0.2, 0.25) is 0 Å². The SMILES string of the molecule is C#Cc1cc(-c2ncc(-c3cccc4c3CCC4NCCN3CCCCC3)s2)ccc1OC(C)C.CCO.CP. The van der Waals surface area contributed by atoms with Crippen molar-refractivity contribution in [3.05, 3.63) is 59.3 Å². The van der Waals surface area contributed by atoms with Gasteiger partial charge in [-0.2, -0.15) is 0 Å². The first-order valence-corrected chi connectivity index (χ1v) is 16.5. The lowest BCUT2D eigenvalue weighted by molar-refractivity contribution is 0.226. The molecule has 0 saturated carbocycles. The van der Waals surface area contributed by atoms with E-state index < -0.39 is 0 Å². The molecule has 5 rings (SSSR count). The summed E-state index contributed by atoms with van der Waals surface area (Å²) in [4.78, 5) is 8.59. The molecular formula is C33H46N3O2PS. The fourth-order valence-corrected chi connectivity index (χ4v) is 6.31. The molecule has 5 nitrogen and oxygen atoms in total. The zero-order valence-corrected chi connectivity index (χ0v) is 26.6. The summed E-state index contributed by atoms with van der Waals surface area (Å²) in [7, 11) is 2.42. The minimum atomic E-state index is 0.0858. The van der Waals surface area contributed by atoms with Crippen molar-refractivity contribution < 1.29 is 9.84 Å². The lowest BCUT2D eigenvalue weighted by Gasteiger charge is -2.27. The molecule has 2 N–H and O–H groups in total. The minimum absolute atomic E-state index is 0.0858. The fourth-order valence-electron chi connectivity index (χ4n) is 5.34. The van der Waals surface area contributed by atoms with Crippen molar-refractivity contribution in [1.29, 1.82) is 0 Å². The van der Waals surface area contributed by atoms with Crippen molar-refractivity contribution >= 4 is 20.6 Å². The van der Waals surface area contributed by atoms with E-state index in [2.05, 4.69) is 49.6 Å². The van der Waals surface area contributed by atoms with Gasteiger partial charge in [-0.3, -0.25) is 0 Å². The maximum atomic E-state index is 7.57. The molecule has 2 aliphatic rings. The summed E-state index contributed by atoms with van der Waals surface area (Å²) in [6, 6.07) is 13.2. The van der Waals surface area contributed by atoms with Crippen molar-refractivity contribution in [3.8, 4) is 39.1 Å². The zero-order chi connectivity index (χ0) is 28.9. The number of aliphatic hydroxyl groups excluding tert-OH is 1. The van der Waals surface area contributed by atoms with Crippen molar-refractivity contribution in [1.82, 2.24) is 15.2 Å². The number of likely N-dealkylation sites (tertiary alicyclic amines) is 1. The highest BCUT2D eigenvalue weighted by molar-refractivity contribution is 7.18. The molecule has 0 spiro atoms. The molecule has 2 unspecified atom stereocenters. The third kappa shape index (κ3) is 8.62. The van der Waals surface area contributed by atoms with Crippen molar-refractivity contribution in [2.24, 2.45) is 0 Å². The zero-order valence-electron chi connectivity index (χ0n) is 24.6.